The topological polar surface area (TPSA) is 239 Å². The summed E-state index contributed by atoms with van der Waals surface area (Å²) in [5.74, 6) is -4.82. The van der Waals surface area contributed by atoms with Crippen LogP contribution in [0.15, 0.2) is 76.5 Å². The standard InChI is InChI=1S/C42H47BrN10O7S/c1-21(2)13-32-42(60)53(5)19-35(55)48-23(4)41-52-33(20-61-41)40(59)50-31(14-24-16-44-28-11-7-6-9-26(24)28)39(58)49-30(15-25-17-45-29-12-8-10-27(43)36(25)29)38(57)46-18-34(54)47-22(3)37(56)51-32/h6-13,16-17,20-23,30-31,44-45H,14-15,18-19H2,1-5H3,(H,46,57)(H,47,54)(H,48,55)(H,49,58)(H,50,59)(H,51,56)/b32-13-/t22-,23-,30+,31+/m1/s1. The maximum atomic E-state index is 14.4. The van der Waals surface area contributed by atoms with Gasteiger partial charge in [0.1, 0.15) is 34.5 Å². The predicted molar refractivity (Wildman–Crippen MR) is 233 cm³/mol. The number of allylic oxidation sites excluding steroid dienone is 1. The molecule has 0 radical (unpaired) electrons. The number of carbonyl (C=O) groups is 7. The van der Waals surface area contributed by atoms with Gasteiger partial charge in [-0.05, 0) is 49.1 Å². The molecule has 0 saturated carbocycles. The zero-order valence-electron chi connectivity index (χ0n) is 34.1. The zero-order valence-corrected chi connectivity index (χ0v) is 36.5. The number of benzene rings is 2. The SMILES string of the molecule is CC(C)/C=C1\NC(=O)[C@@H](C)NC(=O)CNC(=O)[C@H](Cc2c[nH]c3cccc(Br)c23)NC(=O)[C@H](Cc2c[nH]c3ccccc23)NC(=O)c2csc(n2)[C@@H](C)NC(=O)CN(C)C1=O. The van der Waals surface area contributed by atoms with E-state index in [4.69, 9.17) is 0 Å². The molecule has 1 aliphatic rings. The normalized spacial score (nSPS) is 21.5. The Balaban J connectivity index is 1.34. The summed E-state index contributed by atoms with van der Waals surface area (Å²) in [6.45, 7) is 5.77. The first-order valence-electron chi connectivity index (χ1n) is 19.6. The highest BCUT2D eigenvalue weighted by Crippen LogP contribution is 2.28. The maximum Gasteiger partial charge on any atom is 0.271 e. The van der Waals surface area contributed by atoms with Crippen LogP contribution in [0.3, 0.4) is 0 Å². The lowest BCUT2D eigenvalue weighted by atomic mass is 10.0. The Morgan fingerprint density at radius 3 is 2.25 bits per heavy atom. The lowest BCUT2D eigenvalue weighted by Gasteiger charge is -2.24. The van der Waals surface area contributed by atoms with Gasteiger partial charge < -0.3 is 46.8 Å². The van der Waals surface area contributed by atoms with Crippen molar-refractivity contribution >= 4 is 90.4 Å². The minimum absolute atomic E-state index is 0.00281. The molecule has 0 unspecified atom stereocenters. The van der Waals surface area contributed by atoms with Crippen LogP contribution in [0.25, 0.3) is 21.8 Å². The second-order valence-corrected chi connectivity index (χ2v) is 16.9. The molecule has 5 aromatic rings. The van der Waals surface area contributed by atoms with Crippen LogP contribution in [-0.4, -0.2) is 99.5 Å². The van der Waals surface area contributed by atoms with E-state index in [2.05, 4.69) is 62.8 Å². The van der Waals surface area contributed by atoms with Crippen LogP contribution in [0.1, 0.15) is 60.4 Å². The Hall–Kier alpha value is -6.34. The number of aromatic nitrogens is 3. The van der Waals surface area contributed by atoms with E-state index in [1.54, 1.807) is 33.2 Å². The molecule has 8 N–H and O–H groups in total. The van der Waals surface area contributed by atoms with Gasteiger partial charge in [-0.1, -0.05) is 60.1 Å². The number of amides is 7. The first-order chi connectivity index (χ1) is 29.1. The number of thiazole rings is 1. The van der Waals surface area contributed by atoms with Crippen molar-refractivity contribution in [3.63, 3.8) is 0 Å². The molecule has 2 aromatic carbocycles. The van der Waals surface area contributed by atoms with Gasteiger partial charge >= 0.3 is 0 Å². The van der Waals surface area contributed by atoms with E-state index in [1.807, 2.05) is 42.5 Å². The lowest BCUT2D eigenvalue weighted by Crippen LogP contribution is -2.56. The quantitative estimate of drug-likeness (QED) is 0.122. The highest BCUT2D eigenvalue weighted by molar-refractivity contribution is 9.10. The molecule has 320 valence electrons. The largest absolute Gasteiger partial charge is 0.361 e. The number of likely N-dealkylation sites (N-methyl/N-ethyl adjacent to an activating group) is 1. The van der Waals surface area contributed by atoms with Gasteiger partial charge in [-0.2, -0.15) is 0 Å². The summed E-state index contributed by atoms with van der Waals surface area (Å²) >= 11 is 4.71. The van der Waals surface area contributed by atoms with Crippen molar-refractivity contribution in [2.75, 3.05) is 20.1 Å². The van der Waals surface area contributed by atoms with Gasteiger partial charge in [0.25, 0.3) is 11.8 Å². The number of halogens is 1. The van der Waals surface area contributed by atoms with Crippen LogP contribution < -0.4 is 31.9 Å². The van der Waals surface area contributed by atoms with Crippen molar-refractivity contribution in [1.29, 1.82) is 0 Å². The van der Waals surface area contributed by atoms with Crippen molar-refractivity contribution in [2.45, 2.75) is 64.7 Å². The summed E-state index contributed by atoms with van der Waals surface area (Å²) in [6, 6.07) is 8.79. The number of nitrogens with one attached hydrogen (secondary N) is 8. The number of para-hydroxylation sites is 1. The second-order valence-electron chi connectivity index (χ2n) is 15.2. The summed E-state index contributed by atoms with van der Waals surface area (Å²) in [6.07, 6.45) is 5.03. The summed E-state index contributed by atoms with van der Waals surface area (Å²) < 4.78 is 0.755. The molecule has 3 aromatic heterocycles. The summed E-state index contributed by atoms with van der Waals surface area (Å²) in [7, 11) is 1.41. The molecular formula is C42H47BrN10O7S. The fraction of sp³-hybridized carbons (Fsp3) is 0.333. The Morgan fingerprint density at radius 1 is 0.803 bits per heavy atom. The molecule has 17 nitrogen and oxygen atoms in total. The molecule has 1 aliphatic heterocycles. The molecule has 0 spiro atoms. The summed E-state index contributed by atoms with van der Waals surface area (Å²) in [5.41, 5.74) is 2.93. The second kappa shape index (κ2) is 19.4. The van der Waals surface area contributed by atoms with Crippen molar-refractivity contribution in [3.8, 4) is 0 Å². The van der Waals surface area contributed by atoms with Crippen LogP contribution in [0.2, 0.25) is 0 Å². The van der Waals surface area contributed by atoms with Gasteiger partial charge in [-0.15, -0.1) is 11.3 Å². The van der Waals surface area contributed by atoms with Gasteiger partial charge in [0.05, 0.1) is 19.1 Å². The Morgan fingerprint density at radius 2 is 1.48 bits per heavy atom. The average Bonchev–Trinajstić information content (AvgIpc) is 3.98. The molecule has 19 heteroatoms. The van der Waals surface area contributed by atoms with E-state index in [0.717, 1.165) is 48.1 Å². The molecule has 2 bridgehead atoms. The molecule has 0 aliphatic carbocycles. The van der Waals surface area contributed by atoms with Crippen LogP contribution in [-0.2, 0) is 41.6 Å². The van der Waals surface area contributed by atoms with Crippen LogP contribution >= 0.6 is 27.3 Å². The minimum Gasteiger partial charge on any atom is -0.361 e. The van der Waals surface area contributed by atoms with E-state index >= 15 is 0 Å². The van der Waals surface area contributed by atoms with Gasteiger partial charge in [0.15, 0.2) is 0 Å². The van der Waals surface area contributed by atoms with E-state index in [1.165, 1.54) is 25.4 Å². The van der Waals surface area contributed by atoms with E-state index in [-0.39, 0.29) is 36.7 Å². The maximum absolute atomic E-state index is 14.4. The fourth-order valence-electron chi connectivity index (χ4n) is 6.85. The van der Waals surface area contributed by atoms with Crippen molar-refractivity contribution in [1.82, 2.24) is 51.8 Å². The predicted octanol–water partition coefficient (Wildman–Crippen LogP) is 2.86. The van der Waals surface area contributed by atoms with Gasteiger partial charge in [0, 0.05) is 63.9 Å². The smallest absolute Gasteiger partial charge is 0.271 e. The van der Waals surface area contributed by atoms with E-state index in [0.29, 0.717) is 10.6 Å². The van der Waals surface area contributed by atoms with E-state index in [9.17, 15) is 33.6 Å². The number of rotatable bonds is 5. The Bertz CT molecular complexity index is 2530. The third kappa shape index (κ3) is 10.9. The van der Waals surface area contributed by atoms with E-state index < -0.39 is 72.1 Å². The molecule has 0 fully saturated rings. The molecule has 4 heterocycles. The number of hydrogen-bond donors (Lipinski definition) is 8. The zero-order chi connectivity index (χ0) is 44.0. The first kappa shape index (κ1) is 44.2. The van der Waals surface area contributed by atoms with Gasteiger partial charge in [-0.25, -0.2) is 4.98 Å². The third-order valence-electron chi connectivity index (χ3n) is 9.93. The van der Waals surface area contributed by atoms with Crippen LogP contribution in [0.5, 0.6) is 0 Å². The molecule has 61 heavy (non-hydrogen) atoms. The molecule has 0 saturated heterocycles. The van der Waals surface area contributed by atoms with Crippen LogP contribution in [0, 0.1) is 5.92 Å². The van der Waals surface area contributed by atoms with Crippen molar-refractivity contribution in [2.24, 2.45) is 5.92 Å². The first-order valence-corrected chi connectivity index (χ1v) is 21.3. The number of nitrogens with zero attached hydrogens (tertiary/aromatic N) is 2. The highest BCUT2D eigenvalue weighted by Gasteiger charge is 2.31. The monoisotopic (exact) mass is 914 g/mol. The Kier molecular flexibility index (Phi) is 14.0. The number of aromatic amines is 2. The van der Waals surface area contributed by atoms with Crippen molar-refractivity contribution in [3.05, 3.63) is 98.3 Å². The average molecular weight is 916 g/mol. The number of carbonyl (C=O) groups excluding carboxylic acids is 7. The fourth-order valence-corrected chi connectivity index (χ4v) is 8.28. The van der Waals surface area contributed by atoms with Gasteiger partial charge in [-0.3, -0.25) is 33.6 Å². The molecule has 6 rings (SSSR count). The summed E-state index contributed by atoms with van der Waals surface area (Å²) in [5, 5.41) is 19.6. The Labute approximate surface area is 363 Å². The van der Waals surface area contributed by atoms with Crippen LogP contribution in [0.4, 0.5) is 0 Å². The molecule has 7 amide bonds. The lowest BCUT2D eigenvalue weighted by molar-refractivity contribution is -0.133. The highest BCUT2D eigenvalue weighted by atomic mass is 79.9. The number of fused-ring (bicyclic) bond motifs is 4. The number of hydrogen-bond acceptors (Lipinski definition) is 9. The van der Waals surface area contributed by atoms with Crippen molar-refractivity contribution < 1.29 is 33.6 Å². The minimum atomic E-state index is -1.25. The molecular weight excluding hydrogens is 868 g/mol. The molecule has 4 atom stereocenters. The van der Waals surface area contributed by atoms with Gasteiger partial charge in [0.2, 0.25) is 29.5 Å². The summed E-state index contributed by atoms with van der Waals surface area (Å²) in [4.78, 5) is 107. The third-order valence-corrected chi connectivity index (χ3v) is 11.6. The number of H-pyrrole nitrogens is 2.